The van der Waals surface area contributed by atoms with Gasteiger partial charge in [0.2, 0.25) is 10.0 Å². The first-order chi connectivity index (χ1) is 14.3. The van der Waals surface area contributed by atoms with E-state index in [0.29, 0.717) is 24.8 Å². The van der Waals surface area contributed by atoms with Crippen LogP contribution in [0.3, 0.4) is 0 Å². The highest BCUT2D eigenvalue weighted by Crippen LogP contribution is 2.26. The first kappa shape index (κ1) is 21.7. The first-order valence-corrected chi connectivity index (χ1v) is 11.1. The van der Waals surface area contributed by atoms with Crippen LogP contribution in [0.1, 0.15) is 37.3 Å². The maximum absolute atomic E-state index is 13.0. The van der Waals surface area contributed by atoms with E-state index >= 15 is 0 Å². The van der Waals surface area contributed by atoms with Crippen LogP contribution < -0.4 is 4.90 Å². The molecule has 0 bridgehead atoms. The Balaban J connectivity index is 1.73. The third-order valence-electron chi connectivity index (χ3n) is 5.42. The number of pyridine rings is 1. The van der Waals surface area contributed by atoms with Crippen LogP contribution >= 0.6 is 0 Å². The van der Waals surface area contributed by atoms with E-state index in [1.165, 1.54) is 10.4 Å². The van der Waals surface area contributed by atoms with E-state index in [9.17, 15) is 23.8 Å². The molecular formula is C20H23N5O4S. The van der Waals surface area contributed by atoms with Crippen LogP contribution in [0.4, 0.5) is 11.5 Å². The van der Waals surface area contributed by atoms with E-state index < -0.39 is 14.9 Å². The van der Waals surface area contributed by atoms with Gasteiger partial charge in [-0.25, -0.2) is 13.4 Å². The number of sulfonamides is 1. The number of hydrogen-bond acceptors (Lipinski definition) is 7. The average Bonchev–Trinajstić information content (AvgIpc) is 2.78. The lowest BCUT2D eigenvalue weighted by molar-refractivity contribution is -0.385. The Bertz CT molecular complexity index is 1070. The molecule has 0 aliphatic carbocycles. The molecule has 1 aromatic carbocycles. The minimum Gasteiger partial charge on any atom is -0.353 e. The molecule has 2 heterocycles. The van der Waals surface area contributed by atoms with Crippen molar-refractivity contribution in [3.63, 3.8) is 0 Å². The normalized spacial score (nSPS) is 16.1. The molecule has 1 aromatic heterocycles. The third-order valence-corrected chi connectivity index (χ3v) is 7.33. The van der Waals surface area contributed by atoms with Gasteiger partial charge in [0, 0.05) is 32.2 Å². The van der Waals surface area contributed by atoms with Crippen molar-refractivity contribution < 1.29 is 13.3 Å². The van der Waals surface area contributed by atoms with Crippen LogP contribution in [0.25, 0.3) is 0 Å². The molecule has 2 aromatic rings. The topological polar surface area (TPSA) is 120 Å². The minimum absolute atomic E-state index is 0.0983. The fourth-order valence-corrected chi connectivity index (χ4v) is 4.80. The Kier molecular flexibility index (Phi) is 6.34. The molecule has 30 heavy (non-hydrogen) atoms. The molecule has 1 fully saturated rings. The summed E-state index contributed by atoms with van der Waals surface area (Å²) in [5.74, 6) is 0.701. The lowest BCUT2D eigenvalue weighted by Crippen LogP contribution is -2.49. The van der Waals surface area contributed by atoms with Crippen molar-refractivity contribution in [1.29, 1.82) is 5.26 Å². The lowest BCUT2D eigenvalue weighted by Gasteiger charge is -2.35. The highest BCUT2D eigenvalue weighted by Gasteiger charge is 2.30. The highest BCUT2D eigenvalue weighted by molar-refractivity contribution is 7.89. The molecule has 0 spiro atoms. The average molecular weight is 430 g/mol. The Hall–Kier alpha value is -3.03. The van der Waals surface area contributed by atoms with E-state index in [0.717, 1.165) is 18.2 Å². The van der Waals surface area contributed by atoms with Gasteiger partial charge < -0.3 is 4.90 Å². The lowest BCUT2D eigenvalue weighted by atomic mass is 9.99. The number of anilines is 1. The zero-order valence-electron chi connectivity index (χ0n) is 16.9. The number of rotatable bonds is 6. The third kappa shape index (κ3) is 4.27. The summed E-state index contributed by atoms with van der Waals surface area (Å²) in [7, 11) is -3.62. The van der Waals surface area contributed by atoms with Crippen molar-refractivity contribution in [2.75, 3.05) is 31.1 Å². The number of nitro groups is 1. The Morgan fingerprint density at radius 3 is 2.40 bits per heavy atom. The van der Waals surface area contributed by atoms with Gasteiger partial charge >= 0.3 is 0 Å². The van der Waals surface area contributed by atoms with E-state index in [2.05, 4.69) is 18.8 Å². The molecule has 0 radical (unpaired) electrons. The summed E-state index contributed by atoms with van der Waals surface area (Å²) in [5.41, 5.74) is 0.952. The van der Waals surface area contributed by atoms with E-state index in [1.807, 2.05) is 18.2 Å². The fraction of sp³-hybridized carbons (Fsp3) is 0.400. The molecule has 1 unspecified atom stereocenters. The molecule has 1 aliphatic rings. The summed E-state index contributed by atoms with van der Waals surface area (Å²) >= 11 is 0. The van der Waals surface area contributed by atoms with Crippen molar-refractivity contribution in [3.05, 3.63) is 57.8 Å². The van der Waals surface area contributed by atoms with Gasteiger partial charge in [0.25, 0.3) is 5.69 Å². The number of aromatic nitrogens is 1. The van der Waals surface area contributed by atoms with Gasteiger partial charge in [-0.3, -0.25) is 10.1 Å². The molecule has 1 atom stereocenters. The number of piperazine rings is 1. The van der Waals surface area contributed by atoms with Gasteiger partial charge in [-0.05, 0) is 30.0 Å². The van der Waals surface area contributed by atoms with E-state index in [1.54, 1.807) is 17.0 Å². The van der Waals surface area contributed by atoms with Gasteiger partial charge in [0.15, 0.2) is 0 Å². The second kappa shape index (κ2) is 8.77. The molecule has 0 saturated carbocycles. The summed E-state index contributed by atoms with van der Waals surface area (Å²) in [6.07, 6.45) is 2.09. The second-order valence-corrected chi connectivity index (χ2v) is 9.14. The summed E-state index contributed by atoms with van der Waals surface area (Å²) in [5, 5.41) is 20.2. The zero-order valence-corrected chi connectivity index (χ0v) is 17.7. The van der Waals surface area contributed by atoms with Crippen molar-refractivity contribution in [3.8, 4) is 6.07 Å². The Labute approximate surface area is 175 Å². The van der Waals surface area contributed by atoms with Crippen molar-refractivity contribution >= 4 is 21.5 Å². The van der Waals surface area contributed by atoms with Crippen LogP contribution in [0.5, 0.6) is 0 Å². The molecule has 1 saturated heterocycles. The smallest absolute Gasteiger partial charge is 0.289 e. The quantitative estimate of drug-likeness (QED) is 0.511. The molecule has 3 rings (SSSR count). The SMILES string of the molecule is CCC(C)c1ccc(S(=O)(=O)N2CCN(c3ncc([N+](=O)[O-])cc3C#N)CC2)cc1. The van der Waals surface area contributed by atoms with Crippen LogP contribution in [0, 0.1) is 21.4 Å². The van der Waals surface area contributed by atoms with Gasteiger partial charge in [-0.1, -0.05) is 26.0 Å². The standard InChI is InChI=1S/C20H23N5O4S/c1-3-15(2)16-4-6-19(7-5-16)30(28,29)24-10-8-23(9-11-24)20-17(13-21)12-18(14-22-20)25(26)27/h4-7,12,14-15H,3,8-11H2,1-2H3. The van der Waals surface area contributed by atoms with Crippen molar-refractivity contribution in [1.82, 2.24) is 9.29 Å². The van der Waals surface area contributed by atoms with Gasteiger partial charge in [0.05, 0.1) is 9.82 Å². The number of nitrogens with zero attached hydrogens (tertiary/aromatic N) is 5. The maximum Gasteiger partial charge on any atom is 0.289 e. The van der Waals surface area contributed by atoms with Gasteiger partial charge in [-0.2, -0.15) is 9.57 Å². The zero-order chi connectivity index (χ0) is 21.9. The van der Waals surface area contributed by atoms with Gasteiger partial charge in [-0.15, -0.1) is 0 Å². The summed E-state index contributed by atoms with van der Waals surface area (Å²) in [4.78, 5) is 16.4. The van der Waals surface area contributed by atoms with Crippen molar-refractivity contribution in [2.24, 2.45) is 0 Å². The summed E-state index contributed by atoms with van der Waals surface area (Å²) in [6.45, 7) is 5.34. The number of nitriles is 1. The molecule has 9 nitrogen and oxygen atoms in total. The van der Waals surface area contributed by atoms with E-state index in [-0.39, 0.29) is 29.2 Å². The van der Waals surface area contributed by atoms with Crippen LogP contribution in [0.15, 0.2) is 41.4 Å². The summed E-state index contributed by atoms with van der Waals surface area (Å²) < 4.78 is 27.4. The highest BCUT2D eigenvalue weighted by atomic mass is 32.2. The van der Waals surface area contributed by atoms with Crippen molar-refractivity contribution in [2.45, 2.75) is 31.1 Å². The second-order valence-electron chi connectivity index (χ2n) is 7.20. The largest absolute Gasteiger partial charge is 0.353 e. The number of hydrogen-bond donors (Lipinski definition) is 0. The Morgan fingerprint density at radius 1 is 1.23 bits per heavy atom. The molecule has 0 amide bonds. The molecule has 1 aliphatic heterocycles. The molecule has 10 heteroatoms. The predicted molar refractivity (Wildman–Crippen MR) is 112 cm³/mol. The fourth-order valence-electron chi connectivity index (χ4n) is 3.37. The maximum atomic E-state index is 13.0. The molecule has 0 N–H and O–H groups in total. The summed E-state index contributed by atoms with van der Waals surface area (Å²) in [6, 6.07) is 10.1. The molecule has 158 valence electrons. The molecular weight excluding hydrogens is 406 g/mol. The van der Waals surface area contributed by atoms with E-state index in [4.69, 9.17) is 0 Å². The minimum atomic E-state index is -3.62. The predicted octanol–water partition coefficient (Wildman–Crippen LogP) is 2.89. The van der Waals surface area contributed by atoms with Crippen LogP contribution in [0.2, 0.25) is 0 Å². The first-order valence-electron chi connectivity index (χ1n) is 9.67. The monoisotopic (exact) mass is 429 g/mol. The Morgan fingerprint density at radius 2 is 1.87 bits per heavy atom. The number of benzene rings is 1. The van der Waals surface area contributed by atoms with Gasteiger partial charge in [0.1, 0.15) is 23.6 Å². The van der Waals surface area contributed by atoms with Crippen LogP contribution in [-0.2, 0) is 10.0 Å². The van der Waals surface area contributed by atoms with Crippen LogP contribution in [-0.4, -0.2) is 48.8 Å².